The van der Waals surface area contributed by atoms with E-state index in [2.05, 4.69) is 36.1 Å². The van der Waals surface area contributed by atoms with Gasteiger partial charge in [0.05, 0.1) is 6.04 Å². The van der Waals surface area contributed by atoms with Crippen LogP contribution in [0.4, 0.5) is 0 Å². The fraction of sp³-hybridized carbons (Fsp3) is 0.435. The third-order valence-corrected chi connectivity index (χ3v) is 6.67. The minimum absolute atomic E-state index is 0.0392. The zero-order valence-electron chi connectivity index (χ0n) is 15.6. The zero-order chi connectivity index (χ0) is 19.0. The number of amides is 1. The first-order chi connectivity index (χ1) is 13.0. The summed E-state index contributed by atoms with van der Waals surface area (Å²) in [6.45, 7) is 2.29. The fourth-order valence-electron chi connectivity index (χ4n) is 4.91. The molecular formula is C23H25Cl2NO. The van der Waals surface area contributed by atoms with E-state index in [9.17, 15) is 4.79 Å². The topological polar surface area (TPSA) is 20.3 Å². The highest BCUT2D eigenvalue weighted by atomic mass is 35.5. The van der Waals surface area contributed by atoms with Gasteiger partial charge in [0.25, 0.3) is 0 Å². The van der Waals surface area contributed by atoms with Crippen LogP contribution in [0, 0.1) is 5.92 Å². The van der Waals surface area contributed by atoms with Crippen LogP contribution in [-0.4, -0.2) is 16.8 Å². The number of benzene rings is 2. The van der Waals surface area contributed by atoms with Gasteiger partial charge in [0.15, 0.2) is 0 Å². The van der Waals surface area contributed by atoms with Crippen LogP contribution in [0.2, 0.25) is 10.0 Å². The first-order valence-electron chi connectivity index (χ1n) is 9.85. The molecule has 142 valence electrons. The van der Waals surface area contributed by atoms with E-state index in [-0.39, 0.29) is 17.9 Å². The van der Waals surface area contributed by atoms with Crippen molar-refractivity contribution in [3.8, 4) is 0 Å². The van der Waals surface area contributed by atoms with Crippen molar-refractivity contribution in [3.05, 3.63) is 69.7 Å². The van der Waals surface area contributed by atoms with Crippen molar-refractivity contribution in [2.45, 2.75) is 57.0 Å². The lowest BCUT2D eigenvalue weighted by Crippen LogP contribution is -2.47. The Balaban J connectivity index is 1.77. The van der Waals surface area contributed by atoms with Gasteiger partial charge < -0.3 is 4.90 Å². The van der Waals surface area contributed by atoms with Crippen molar-refractivity contribution in [2.75, 3.05) is 0 Å². The molecule has 27 heavy (non-hydrogen) atoms. The molecule has 0 spiro atoms. The van der Waals surface area contributed by atoms with Crippen molar-refractivity contribution in [1.29, 1.82) is 0 Å². The van der Waals surface area contributed by atoms with Gasteiger partial charge in [-0.05, 0) is 67.0 Å². The van der Waals surface area contributed by atoms with Crippen molar-refractivity contribution in [2.24, 2.45) is 5.92 Å². The second-order valence-corrected chi connectivity index (χ2v) is 8.94. The highest BCUT2D eigenvalue weighted by Gasteiger charge is 2.42. The first-order valence-corrected chi connectivity index (χ1v) is 10.6. The van der Waals surface area contributed by atoms with Gasteiger partial charge in [-0.15, -0.1) is 0 Å². The predicted octanol–water partition coefficient (Wildman–Crippen LogP) is 6.63. The molecule has 2 aliphatic rings. The Bertz CT molecular complexity index is 819. The van der Waals surface area contributed by atoms with Crippen LogP contribution in [0.25, 0.3) is 0 Å². The summed E-state index contributed by atoms with van der Waals surface area (Å²) in [6.07, 6.45) is 4.85. The average molecular weight is 402 g/mol. The second kappa shape index (κ2) is 7.85. The Morgan fingerprint density at radius 3 is 2.37 bits per heavy atom. The summed E-state index contributed by atoms with van der Waals surface area (Å²) in [6, 6.07) is 16.5. The molecule has 2 aromatic carbocycles. The predicted molar refractivity (Wildman–Crippen MR) is 111 cm³/mol. The third kappa shape index (κ3) is 3.88. The number of carbonyl (C=O) groups is 1. The van der Waals surface area contributed by atoms with Crippen LogP contribution >= 0.6 is 23.2 Å². The molecule has 0 aromatic heterocycles. The van der Waals surface area contributed by atoms with E-state index in [0.717, 1.165) is 34.9 Å². The van der Waals surface area contributed by atoms with Gasteiger partial charge in [0.2, 0.25) is 5.91 Å². The van der Waals surface area contributed by atoms with Crippen LogP contribution in [0.15, 0.2) is 48.5 Å². The molecular weight excluding hydrogens is 377 g/mol. The molecule has 2 fully saturated rings. The van der Waals surface area contributed by atoms with E-state index < -0.39 is 0 Å². The minimum atomic E-state index is 0.0392. The number of hydrogen-bond acceptors (Lipinski definition) is 1. The molecule has 0 radical (unpaired) electrons. The smallest absolute Gasteiger partial charge is 0.223 e. The highest BCUT2D eigenvalue weighted by molar-refractivity contribution is 6.30. The quantitative estimate of drug-likeness (QED) is 0.564. The second-order valence-electron chi connectivity index (χ2n) is 8.07. The standard InChI is InChI=1S/C23H25Cl2NO/c1-15-5-10-20(13-15)26-22(27)12-11-21(17-3-2-4-19(25)14-17)23(26)16-6-8-18(24)9-7-16/h2-4,6-9,14-15,20-21,23H,5,10-13H2,1H3/t15-,20?,21+,23+/m0/s1. The minimum Gasteiger partial charge on any atom is -0.332 e. The average Bonchev–Trinajstić information content (AvgIpc) is 3.08. The molecule has 1 unspecified atom stereocenters. The SMILES string of the molecule is C[C@H]1CCC(N2C(=O)CC[C@H](c3cccc(Cl)c3)[C@H]2c2ccc(Cl)cc2)C1. The molecule has 1 saturated carbocycles. The normalized spacial score (nSPS) is 28.6. The van der Waals surface area contributed by atoms with Crippen LogP contribution in [0.1, 0.15) is 62.1 Å². The molecule has 4 atom stereocenters. The van der Waals surface area contributed by atoms with E-state index in [1.165, 1.54) is 12.0 Å². The summed E-state index contributed by atoms with van der Waals surface area (Å²) in [4.78, 5) is 15.3. The Morgan fingerprint density at radius 1 is 0.926 bits per heavy atom. The number of carbonyl (C=O) groups excluding carboxylic acids is 1. The van der Waals surface area contributed by atoms with Gasteiger partial charge in [0.1, 0.15) is 0 Å². The van der Waals surface area contributed by atoms with Gasteiger partial charge in [-0.2, -0.15) is 0 Å². The maximum absolute atomic E-state index is 13.1. The zero-order valence-corrected chi connectivity index (χ0v) is 17.1. The summed E-state index contributed by atoms with van der Waals surface area (Å²) >= 11 is 12.4. The lowest BCUT2D eigenvalue weighted by atomic mass is 9.79. The molecule has 1 saturated heterocycles. The van der Waals surface area contributed by atoms with Crippen molar-refractivity contribution in [3.63, 3.8) is 0 Å². The molecule has 1 heterocycles. The molecule has 1 aliphatic carbocycles. The van der Waals surface area contributed by atoms with E-state index in [1.807, 2.05) is 24.3 Å². The number of hydrogen-bond donors (Lipinski definition) is 0. The Labute approximate surface area is 171 Å². The Kier molecular flexibility index (Phi) is 5.48. The van der Waals surface area contributed by atoms with E-state index in [4.69, 9.17) is 23.2 Å². The van der Waals surface area contributed by atoms with Crippen LogP contribution in [0.3, 0.4) is 0 Å². The van der Waals surface area contributed by atoms with E-state index in [0.29, 0.717) is 18.4 Å². The van der Waals surface area contributed by atoms with Crippen molar-refractivity contribution >= 4 is 29.1 Å². The maximum atomic E-state index is 13.1. The molecule has 2 nitrogen and oxygen atoms in total. The van der Waals surface area contributed by atoms with Gasteiger partial charge in [-0.1, -0.05) is 54.4 Å². The monoisotopic (exact) mass is 401 g/mol. The van der Waals surface area contributed by atoms with Crippen LogP contribution < -0.4 is 0 Å². The number of halogens is 2. The molecule has 0 bridgehead atoms. The summed E-state index contributed by atoms with van der Waals surface area (Å²) < 4.78 is 0. The van der Waals surface area contributed by atoms with Crippen LogP contribution in [0.5, 0.6) is 0 Å². The van der Waals surface area contributed by atoms with Crippen molar-refractivity contribution in [1.82, 2.24) is 4.90 Å². The summed E-state index contributed by atoms with van der Waals surface area (Å²) in [5.41, 5.74) is 2.38. The number of likely N-dealkylation sites (tertiary alicyclic amines) is 1. The molecule has 2 aromatic rings. The van der Waals surface area contributed by atoms with E-state index >= 15 is 0 Å². The maximum Gasteiger partial charge on any atom is 0.223 e. The van der Waals surface area contributed by atoms with Crippen molar-refractivity contribution < 1.29 is 4.79 Å². The summed E-state index contributed by atoms with van der Waals surface area (Å²) in [7, 11) is 0. The molecule has 0 N–H and O–H groups in total. The van der Waals surface area contributed by atoms with Crippen LogP contribution in [-0.2, 0) is 4.79 Å². The summed E-state index contributed by atoms with van der Waals surface area (Å²) in [5.74, 6) is 1.21. The molecule has 4 heteroatoms. The van der Waals surface area contributed by atoms with E-state index in [1.54, 1.807) is 0 Å². The number of nitrogens with zero attached hydrogens (tertiary/aromatic N) is 1. The lowest BCUT2D eigenvalue weighted by molar-refractivity contribution is -0.140. The number of piperidine rings is 1. The summed E-state index contributed by atoms with van der Waals surface area (Å²) in [5, 5.41) is 1.47. The Morgan fingerprint density at radius 2 is 1.70 bits per heavy atom. The third-order valence-electron chi connectivity index (χ3n) is 6.19. The molecule has 1 aliphatic heterocycles. The molecule has 1 amide bonds. The van der Waals surface area contributed by atoms with Gasteiger partial charge in [0, 0.05) is 28.4 Å². The molecule has 4 rings (SSSR count). The highest BCUT2D eigenvalue weighted by Crippen LogP contribution is 2.47. The fourth-order valence-corrected chi connectivity index (χ4v) is 5.24. The number of rotatable bonds is 3. The first kappa shape index (κ1) is 18.8. The Hall–Kier alpha value is -1.51. The van der Waals surface area contributed by atoms with Gasteiger partial charge >= 0.3 is 0 Å². The van der Waals surface area contributed by atoms with Gasteiger partial charge in [-0.3, -0.25) is 4.79 Å². The van der Waals surface area contributed by atoms with Gasteiger partial charge in [-0.25, -0.2) is 0 Å². The lowest BCUT2D eigenvalue weighted by Gasteiger charge is -2.45. The largest absolute Gasteiger partial charge is 0.332 e.